The van der Waals surface area contributed by atoms with E-state index in [9.17, 15) is 24.2 Å². The Morgan fingerprint density at radius 2 is 2.26 bits per heavy atom. The number of azide groups is 1. The highest BCUT2D eigenvalue weighted by atomic mass is 31.2. The molecule has 1 aromatic heterocycles. The zero-order chi connectivity index (χ0) is 16.8. The van der Waals surface area contributed by atoms with Crippen molar-refractivity contribution in [3.63, 3.8) is 0 Å². The predicted molar refractivity (Wildman–Crippen MR) is 70.7 cm³/mol. The van der Waals surface area contributed by atoms with E-state index in [0.717, 1.165) is 10.6 Å². The fourth-order valence-corrected chi connectivity index (χ4v) is 3.37. The number of hydrogen-bond donors (Lipinski definition) is 3. The summed E-state index contributed by atoms with van der Waals surface area (Å²) in [6.07, 6.45) is -5.11. The van der Waals surface area contributed by atoms with E-state index in [-0.39, 0.29) is 6.61 Å². The molecule has 3 rings (SSSR count). The molecule has 2 fully saturated rings. The van der Waals surface area contributed by atoms with E-state index in [2.05, 4.69) is 14.5 Å². The van der Waals surface area contributed by atoms with E-state index in [1.807, 2.05) is 4.98 Å². The highest BCUT2D eigenvalue weighted by Gasteiger charge is 2.52. The van der Waals surface area contributed by atoms with Gasteiger partial charge < -0.3 is 14.7 Å². The fraction of sp³-hybridized carbons (Fsp3) is 0.556. The third kappa shape index (κ3) is 2.82. The first-order chi connectivity index (χ1) is 10.8. The van der Waals surface area contributed by atoms with E-state index in [1.165, 1.54) is 0 Å². The number of nitrogens with one attached hydrogen (secondary N) is 1. The number of aromatic amines is 1. The largest absolute Gasteiger partial charge is 0.472 e. The lowest BCUT2D eigenvalue weighted by molar-refractivity contribution is -0.0680. The highest BCUT2D eigenvalue weighted by Crippen LogP contribution is 2.52. The molecule has 3 heterocycles. The Morgan fingerprint density at radius 1 is 1.52 bits per heavy atom. The van der Waals surface area contributed by atoms with E-state index in [4.69, 9.17) is 14.8 Å². The molecule has 13 nitrogen and oxygen atoms in total. The molecule has 2 aliphatic heterocycles. The molecule has 0 bridgehead atoms. The van der Waals surface area contributed by atoms with Crippen LogP contribution in [0.4, 0.5) is 5.82 Å². The lowest BCUT2D eigenvalue weighted by atomic mass is 10.1. The highest BCUT2D eigenvalue weighted by molar-refractivity contribution is 7.47. The summed E-state index contributed by atoms with van der Waals surface area (Å²) in [6.45, 7) is -0.346. The van der Waals surface area contributed by atoms with E-state index >= 15 is 0 Å². The summed E-state index contributed by atoms with van der Waals surface area (Å²) in [7, 11) is -4.32. The number of phosphoric ester groups is 1. The maximum atomic E-state index is 12.0. The normalized spacial score (nSPS) is 36.3. The molecule has 1 unspecified atom stereocenters. The van der Waals surface area contributed by atoms with E-state index in [1.54, 1.807) is 0 Å². The van der Waals surface area contributed by atoms with Crippen molar-refractivity contribution in [2.24, 2.45) is 5.11 Å². The van der Waals surface area contributed by atoms with Crippen molar-refractivity contribution in [1.29, 1.82) is 0 Å². The van der Waals surface area contributed by atoms with Crippen LogP contribution < -0.4 is 11.2 Å². The van der Waals surface area contributed by atoms with Crippen LogP contribution in [-0.2, 0) is 18.3 Å². The smallest absolute Gasteiger partial charge is 0.386 e. The molecular formula is C9H10N5O8P. The molecule has 5 atom stereocenters. The molecule has 2 saturated heterocycles. The summed E-state index contributed by atoms with van der Waals surface area (Å²) in [5, 5.41) is 13.4. The standard InChI is InChI=1S/C9H10N5O8P/c10-13-12-4-1-5(15)11-9(17)14(4)8-6(16)7-3(21-8)2-20-23(18,19)22-7/h1,3,6-8,16H,2H2,(H,18,19)(H,11,15,17)/t3-,6-,7-,8-/m1/s1. The summed E-state index contributed by atoms with van der Waals surface area (Å²) >= 11 is 0. The van der Waals surface area contributed by atoms with Gasteiger partial charge in [0.15, 0.2) is 6.23 Å². The number of hydrogen-bond acceptors (Lipinski definition) is 8. The van der Waals surface area contributed by atoms with Crippen molar-refractivity contribution in [3.05, 3.63) is 37.3 Å². The second-order valence-electron chi connectivity index (χ2n) is 4.75. The van der Waals surface area contributed by atoms with Gasteiger partial charge in [-0.2, -0.15) is 0 Å². The van der Waals surface area contributed by atoms with Gasteiger partial charge in [0.05, 0.1) is 6.61 Å². The predicted octanol–water partition coefficient (Wildman–Crippen LogP) is -0.748. The Kier molecular flexibility index (Phi) is 3.86. The summed E-state index contributed by atoms with van der Waals surface area (Å²) < 4.78 is 26.8. The first-order valence-corrected chi connectivity index (χ1v) is 7.72. The van der Waals surface area contributed by atoms with Crippen LogP contribution in [0.3, 0.4) is 0 Å². The molecule has 0 aromatic carbocycles. The third-order valence-corrected chi connectivity index (χ3v) is 4.31. The number of aromatic nitrogens is 2. The number of aliphatic hydroxyl groups is 1. The molecule has 0 saturated carbocycles. The molecule has 124 valence electrons. The molecule has 0 amide bonds. The van der Waals surface area contributed by atoms with Crippen molar-refractivity contribution in [1.82, 2.24) is 9.55 Å². The molecule has 1 aromatic rings. The van der Waals surface area contributed by atoms with Crippen LogP contribution in [0.2, 0.25) is 0 Å². The fourth-order valence-electron chi connectivity index (χ4n) is 2.41. The molecule has 14 heteroatoms. The maximum Gasteiger partial charge on any atom is 0.472 e. The minimum Gasteiger partial charge on any atom is -0.386 e. The van der Waals surface area contributed by atoms with Gasteiger partial charge in [0.2, 0.25) is 0 Å². The SMILES string of the molecule is [N-]=[N+]=Nc1cc(=O)[nH]c(=O)n1[C@@H]1O[C@@H]2COP(=O)(O)O[C@H]2[C@H]1O. The second-order valence-corrected chi connectivity index (χ2v) is 6.15. The number of ether oxygens (including phenoxy) is 1. The van der Waals surface area contributed by atoms with Crippen molar-refractivity contribution >= 4 is 13.6 Å². The minimum absolute atomic E-state index is 0.346. The van der Waals surface area contributed by atoms with Crippen LogP contribution in [0.25, 0.3) is 10.4 Å². The van der Waals surface area contributed by atoms with Crippen molar-refractivity contribution in [2.75, 3.05) is 6.61 Å². The number of fused-ring (bicyclic) bond motifs is 1. The zero-order valence-corrected chi connectivity index (χ0v) is 12.1. The van der Waals surface area contributed by atoms with Gasteiger partial charge in [0, 0.05) is 11.0 Å². The molecule has 23 heavy (non-hydrogen) atoms. The van der Waals surface area contributed by atoms with Gasteiger partial charge in [0.1, 0.15) is 24.1 Å². The topological polar surface area (TPSA) is 189 Å². The number of rotatable bonds is 2. The number of phosphoric acid groups is 1. The van der Waals surface area contributed by atoms with Crippen LogP contribution in [0.15, 0.2) is 20.8 Å². The van der Waals surface area contributed by atoms with Crippen LogP contribution in [0, 0.1) is 0 Å². The molecule has 0 spiro atoms. The molecule has 2 aliphatic rings. The van der Waals surface area contributed by atoms with E-state index < -0.39 is 49.4 Å². The molecule has 3 N–H and O–H groups in total. The van der Waals surface area contributed by atoms with E-state index in [0.29, 0.717) is 0 Å². The van der Waals surface area contributed by atoms with Crippen LogP contribution in [0.5, 0.6) is 0 Å². The Hall–Kier alpha value is -1.98. The first kappa shape index (κ1) is 15.9. The summed E-state index contributed by atoms with van der Waals surface area (Å²) in [5.41, 5.74) is 6.72. The van der Waals surface area contributed by atoms with Gasteiger partial charge in [0.25, 0.3) is 5.56 Å². The Bertz CT molecular complexity index is 843. The number of aliphatic hydroxyl groups excluding tert-OH is 1. The zero-order valence-electron chi connectivity index (χ0n) is 11.2. The van der Waals surface area contributed by atoms with Crippen molar-refractivity contribution in [2.45, 2.75) is 24.5 Å². The Labute approximate surface area is 126 Å². The first-order valence-electron chi connectivity index (χ1n) is 6.22. The average molecular weight is 347 g/mol. The quantitative estimate of drug-likeness (QED) is 0.269. The molecule has 0 aliphatic carbocycles. The minimum atomic E-state index is -4.32. The second kappa shape index (κ2) is 5.58. The van der Waals surface area contributed by atoms with Crippen LogP contribution in [0.1, 0.15) is 6.23 Å². The van der Waals surface area contributed by atoms with Crippen molar-refractivity contribution in [3.8, 4) is 0 Å². The van der Waals surface area contributed by atoms with Crippen LogP contribution >= 0.6 is 7.82 Å². The van der Waals surface area contributed by atoms with Crippen LogP contribution in [-0.4, -0.2) is 44.5 Å². The van der Waals surface area contributed by atoms with Gasteiger partial charge in [-0.05, 0) is 10.6 Å². The number of H-pyrrole nitrogens is 1. The third-order valence-electron chi connectivity index (χ3n) is 3.32. The number of nitrogens with zero attached hydrogens (tertiary/aromatic N) is 4. The maximum absolute atomic E-state index is 12.0. The van der Waals surface area contributed by atoms with Crippen molar-refractivity contribution < 1.29 is 28.3 Å². The summed E-state index contributed by atoms with van der Waals surface area (Å²) in [6, 6.07) is 0.841. The Morgan fingerprint density at radius 3 is 2.96 bits per heavy atom. The lowest BCUT2D eigenvalue weighted by Crippen LogP contribution is -2.40. The van der Waals surface area contributed by atoms with Gasteiger partial charge >= 0.3 is 13.5 Å². The summed E-state index contributed by atoms with van der Waals surface area (Å²) in [5.74, 6) is -0.392. The molecule has 0 radical (unpaired) electrons. The van der Waals surface area contributed by atoms with Gasteiger partial charge in [-0.1, -0.05) is 0 Å². The monoisotopic (exact) mass is 347 g/mol. The lowest BCUT2D eigenvalue weighted by Gasteiger charge is -2.27. The van der Waals surface area contributed by atoms with Gasteiger partial charge in [-0.15, -0.1) is 0 Å². The van der Waals surface area contributed by atoms with Gasteiger partial charge in [-0.3, -0.25) is 23.4 Å². The molecular weight excluding hydrogens is 337 g/mol. The van der Waals surface area contributed by atoms with Gasteiger partial charge in [-0.25, -0.2) is 9.36 Å². The Balaban J connectivity index is 2.04. The summed E-state index contributed by atoms with van der Waals surface area (Å²) in [4.78, 5) is 37.0. The average Bonchev–Trinajstić information content (AvgIpc) is 2.75.